The van der Waals surface area contributed by atoms with Gasteiger partial charge in [0.1, 0.15) is 0 Å². The maximum Gasteiger partial charge on any atom is 1.00 e. The topological polar surface area (TPSA) is 255 Å². The summed E-state index contributed by atoms with van der Waals surface area (Å²) in [7, 11) is -23.6. The Morgan fingerprint density at radius 3 is 0.500 bits per heavy atom. The summed E-state index contributed by atoms with van der Waals surface area (Å²) in [6.07, 6.45) is 0. The molecule has 0 saturated heterocycles. The summed E-state index contributed by atoms with van der Waals surface area (Å²) in [4.78, 5) is 0. The zero-order valence-electron chi connectivity index (χ0n) is 14.9. The van der Waals surface area contributed by atoms with Crippen molar-refractivity contribution in [2.24, 2.45) is 0 Å². The quantitative estimate of drug-likeness (QED) is 0.103. The molecule has 208 valence electrons. The molecule has 0 amide bonds. The molecule has 0 spiro atoms. The van der Waals surface area contributed by atoms with Crippen LogP contribution in [0.4, 0.5) is 52.7 Å². The molecule has 0 aliphatic rings. The molecule has 0 aliphatic carbocycles. The molecular formula is C4H6F12LiNO12S4. The zero-order chi connectivity index (χ0) is 28.0. The standard InChI is InChI=1S/4CHF3O3S.Li.H3N/c4*2-1(3,4)8(5,6)7;;/h4*(H,5,6,7);;1H3/q;;;;+1;/p-1. The van der Waals surface area contributed by atoms with Gasteiger partial charge in [0.2, 0.25) is 0 Å². The van der Waals surface area contributed by atoms with E-state index in [1.54, 1.807) is 0 Å². The SMILES string of the molecule is N.O=S(=O)(O)C(F)(F)F.O=S(=O)(O)C(F)(F)F.O=S(=O)(O)C(F)(F)F.O=S(=O)([O-])C(F)(F)F.[Li+]. The smallest absolute Gasteiger partial charge is 0.741 e. The molecule has 0 heterocycles. The van der Waals surface area contributed by atoms with Gasteiger partial charge in [0.15, 0.2) is 10.1 Å². The molecular weight excluding hydrogens is 617 g/mol. The number of alkyl halides is 12. The molecule has 0 aromatic rings. The third-order valence-electron chi connectivity index (χ3n) is 1.16. The number of rotatable bonds is 0. The zero-order valence-corrected chi connectivity index (χ0v) is 18.2. The van der Waals surface area contributed by atoms with Crippen molar-refractivity contribution in [3.05, 3.63) is 0 Å². The van der Waals surface area contributed by atoms with E-state index in [4.69, 9.17) is 51.9 Å². The van der Waals surface area contributed by atoms with Gasteiger partial charge in [-0.3, -0.25) is 13.7 Å². The Morgan fingerprint density at radius 2 is 0.500 bits per heavy atom. The molecule has 0 bridgehead atoms. The molecule has 0 rings (SSSR count). The van der Waals surface area contributed by atoms with Crippen LogP contribution in [0.15, 0.2) is 0 Å². The van der Waals surface area contributed by atoms with E-state index in [2.05, 4.69) is 0 Å². The molecule has 0 fully saturated rings. The van der Waals surface area contributed by atoms with Crippen molar-refractivity contribution in [3.63, 3.8) is 0 Å². The minimum absolute atomic E-state index is 0. The van der Waals surface area contributed by atoms with Gasteiger partial charge in [-0.2, -0.15) is 77.9 Å². The van der Waals surface area contributed by atoms with Crippen LogP contribution in [0.2, 0.25) is 0 Å². The van der Waals surface area contributed by atoms with Gasteiger partial charge in [0.25, 0.3) is 0 Å². The van der Waals surface area contributed by atoms with E-state index in [1.165, 1.54) is 0 Å². The monoisotopic (exact) mass is 623 g/mol. The average molecular weight is 623 g/mol. The van der Waals surface area contributed by atoms with Crippen LogP contribution in [0.5, 0.6) is 0 Å². The molecule has 13 nitrogen and oxygen atoms in total. The molecule has 0 radical (unpaired) electrons. The molecule has 34 heavy (non-hydrogen) atoms. The van der Waals surface area contributed by atoms with E-state index in [0.29, 0.717) is 0 Å². The third-order valence-corrected chi connectivity index (χ3v) is 3.48. The van der Waals surface area contributed by atoms with Crippen molar-refractivity contribution < 1.29 is 123 Å². The van der Waals surface area contributed by atoms with Crippen LogP contribution in [-0.2, 0) is 40.5 Å². The van der Waals surface area contributed by atoms with E-state index in [0.717, 1.165) is 0 Å². The summed E-state index contributed by atoms with van der Waals surface area (Å²) in [6, 6.07) is 0. The van der Waals surface area contributed by atoms with Crippen molar-refractivity contribution in [2.75, 3.05) is 0 Å². The van der Waals surface area contributed by atoms with E-state index in [9.17, 15) is 52.7 Å². The molecule has 0 aliphatic heterocycles. The maximum absolute atomic E-state index is 10.7. The van der Waals surface area contributed by atoms with Gasteiger partial charge in [-0.25, -0.2) is 8.42 Å². The van der Waals surface area contributed by atoms with Gasteiger partial charge < -0.3 is 10.7 Å². The molecule has 0 atom stereocenters. The predicted octanol–water partition coefficient (Wildman–Crippen LogP) is -1.60. The largest absolute Gasteiger partial charge is 1.00 e. The maximum atomic E-state index is 10.7. The second kappa shape index (κ2) is 14.2. The van der Waals surface area contributed by atoms with Crippen LogP contribution in [0.25, 0.3) is 0 Å². The molecule has 30 heteroatoms. The van der Waals surface area contributed by atoms with Crippen LogP contribution in [0.3, 0.4) is 0 Å². The van der Waals surface area contributed by atoms with Crippen molar-refractivity contribution >= 4 is 40.5 Å². The summed E-state index contributed by atoms with van der Waals surface area (Å²) >= 11 is 0. The summed E-state index contributed by atoms with van der Waals surface area (Å²) in [5, 5.41) is 0. The summed E-state index contributed by atoms with van der Waals surface area (Å²) in [5.74, 6) is 0. The van der Waals surface area contributed by atoms with Gasteiger partial charge in [0, 0.05) is 0 Å². The van der Waals surface area contributed by atoms with Gasteiger partial charge in [-0.05, 0) is 0 Å². The fraction of sp³-hybridized carbons (Fsp3) is 1.00. The Labute approximate surface area is 192 Å². The van der Waals surface area contributed by atoms with Crippen molar-refractivity contribution in [3.8, 4) is 0 Å². The number of halogens is 12. The normalized spacial score (nSPS) is 13.2. The van der Waals surface area contributed by atoms with Crippen LogP contribution in [-0.4, -0.2) is 73.9 Å². The first-order valence-electron chi connectivity index (χ1n) is 5.13. The average Bonchev–Trinajstić information content (AvgIpc) is 2.30. The van der Waals surface area contributed by atoms with Crippen molar-refractivity contribution in [1.82, 2.24) is 6.15 Å². The first-order valence-corrected chi connectivity index (χ1v) is 10.9. The third kappa shape index (κ3) is 23.1. The molecule has 0 saturated carbocycles. The van der Waals surface area contributed by atoms with Crippen molar-refractivity contribution in [2.45, 2.75) is 22.0 Å². The van der Waals surface area contributed by atoms with Crippen LogP contribution in [0.1, 0.15) is 0 Å². The van der Waals surface area contributed by atoms with E-state index in [-0.39, 0.29) is 25.0 Å². The fourth-order valence-corrected chi connectivity index (χ4v) is 0. The first kappa shape index (κ1) is 46.7. The van der Waals surface area contributed by atoms with Crippen molar-refractivity contribution in [1.29, 1.82) is 0 Å². The summed E-state index contributed by atoms with van der Waals surface area (Å²) in [5.41, 5.74) is -22.2. The van der Waals surface area contributed by atoms with Crippen LogP contribution in [0, 0.1) is 0 Å². The predicted molar refractivity (Wildman–Crippen MR) is 73.6 cm³/mol. The second-order valence-corrected chi connectivity index (χ2v) is 9.27. The minimum Gasteiger partial charge on any atom is -0.741 e. The Balaban J connectivity index is -0.0000000754. The summed E-state index contributed by atoms with van der Waals surface area (Å²) in [6.45, 7) is 0. The Bertz CT molecular complexity index is 835. The van der Waals surface area contributed by atoms with Crippen LogP contribution < -0.4 is 25.0 Å². The Morgan fingerprint density at radius 1 is 0.441 bits per heavy atom. The molecule has 0 aromatic carbocycles. The summed E-state index contributed by atoms with van der Waals surface area (Å²) < 4.78 is 232. The van der Waals surface area contributed by atoms with Crippen LogP contribution >= 0.6 is 0 Å². The minimum atomic E-state index is -6.09. The van der Waals surface area contributed by atoms with E-state index in [1.807, 2.05) is 0 Å². The Hall–Kier alpha value is -0.643. The van der Waals surface area contributed by atoms with E-state index >= 15 is 0 Å². The van der Waals surface area contributed by atoms with E-state index < -0.39 is 62.5 Å². The Kier molecular flexibility index (Phi) is 19.5. The van der Waals surface area contributed by atoms with Gasteiger partial charge in [0.05, 0.1) is 0 Å². The van der Waals surface area contributed by atoms with Gasteiger partial charge >= 0.3 is 71.2 Å². The molecule has 0 unspecified atom stereocenters. The van der Waals surface area contributed by atoms with Gasteiger partial charge in [-0.1, -0.05) is 0 Å². The first-order chi connectivity index (χ1) is 13.0. The molecule has 0 aromatic heterocycles. The second-order valence-electron chi connectivity index (χ2n) is 3.66. The van der Waals surface area contributed by atoms with Gasteiger partial charge in [-0.15, -0.1) is 0 Å². The molecule has 6 N–H and O–H groups in total. The number of hydrogen-bond acceptors (Lipinski definition) is 10. The number of hydrogen-bond donors (Lipinski definition) is 4. The fourth-order valence-electron chi connectivity index (χ4n) is 0.